The van der Waals surface area contributed by atoms with Gasteiger partial charge in [0.1, 0.15) is 4.01 Å². The quantitative estimate of drug-likeness (QED) is 0.756. The molecule has 0 saturated carbocycles. The molecule has 1 fully saturated rings. The number of hydrogen-bond acceptors (Lipinski definition) is 5. The second-order valence-electron chi connectivity index (χ2n) is 5.65. The number of amides is 1. The van der Waals surface area contributed by atoms with Crippen LogP contribution in [-0.2, 0) is 0 Å². The fraction of sp³-hybridized carbons (Fsp3) is 0.294. The first kappa shape index (κ1) is 14.7. The van der Waals surface area contributed by atoms with Crippen molar-refractivity contribution >= 4 is 48.9 Å². The van der Waals surface area contributed by atoms with Gasteiger partial charge in [-0.15, -0.1) is 11.3 Å². The molecule has 0 atom stereocenters. The number of fused-ring (bicyclic) bond motifs is 1. The Kier molecular flexibility index (Phi) is 4.01. The fourth-order valence-electron chi connectivity index (χ4n) is 2.77. The van der Waals surface area contributed by atoms with Crippen molar-refractivity contribution in [1.29, 1.82) is 0 Å². The van der Waals surface area contributed by atoms with Gasteiger partial charge in [-0.1, -0.05) is 29.5 Å². The number of thiophene rings is 1. The van der Waals surface area contributed by atoms with Gasteiger partial charge in [0, 0.05) is 18.8 Å². The number of rotatable bonds is 3. The van der Waals surface area contributed by atoms with Crippen LogP contribution in [0.2, 0.25) is 0 Å². The number of hydrogen-bond donors (Lipinski definition) is 1. The van der Waals surface area contributed by atoms with Crippen molar-refractivity contribution in [2.75, 3.05) is 23.3 Å². The standard InChI is InChI=1S/C17H17N3OS2/c21-15(18-12-7-3-1-4-8-12)14-11-13-16(22-14)23-17(19-13)20-9-5-2-6-10-20/h1,3-4,7-8,11H,2,5-6,9-10H2,(H,18,21). The van der Waals surface area contributed by atoms with Gasteiger partial charge in [0.05, 0.1) is 10.4 Å². The molecule has 1 amide bonds. The van der Waals surface area contributed by atoms with Gasteiger partial charge in [-0.05, 0) is 37.5 Å². The van der Waals surface area contributed by atoms with Crippen molar-refractivity contribution in [2.45, 2.75) is 19.3 Å². The molecule has 1 aliphatic rings. The molecule has 4 rings (SSSR count). The van der Waals surface area contributed by atoms with Gasteiger partial charge in [0.2, 0.25) is 0 Å². The van der Waals surface area contributed by atoms with E-state index in [1.807, 2.05) is 36.4 Å². The largest absolute Gasteiger partial charge is 0.348 e. The van der Waals surface area contributed by atoms with E-state index in [0.717, 1.165) is 33.4 Å². The molecule has 0 radical (unpaired) electrons. The number of carbonyl (C=O) groups excluding carboxylic acids is 1. The topological polar surface area (TPSA) is 45.2 Å². The minimum atomic E-state index is -0.0640. The number of aromatic nitrogens is 1. The summed E-state index contributed by atoms with van der Waals surface area (Å²) in [7, 11) is 0. The molecule has 3 heterocycles. The van der Waals surface area contributed by atoms with Crippen LogP contribution < -0.4 is 10.2 Å². The van der Waals surface area contributed by atoms with E-state index in [0.29, 0.717) is 4.88 Å². The molecule has 0 aliphatic carbocycles. The number of nitrogens with zero attached hydrogens (tertiary/aromatic N) is 2. The minimum Gasteiger partial charge on any atom is -0.348 e. The van der Waals surface area contributed by atoms with E-state index >= 15 is 0 Å². The first-order valence-corrected chi connectivity index (χ1v) is 9.44. The van der Waals surface area contributed by atoms with E-state index in [1.165, 1.54) is 30.6 Å². The Morgan fingerprint density at radius 3 is 2.61 bits per heavy atom. The molecule has 4 nitrogen and oxygen atoms in total. The zero-order valence-corrected chi connectivity index (χ0v) is 14.3. The second kappa shape index (κ2) is 6.29. The van der Waals surface area contributed by atoms with Crippen LogP contribution in [0.3, 0.4) is 0 Å². The molecular formula is C17H17N3OS2. The predicted molar refractivity (Wildman–Crippen MR) is 98.0 cm³/mol. The van der Waals surface area contributed by atoms with Gasteiger partial charge in [0.25, 0.3) is 5.91 Å². The lowest BCUT2D eigenvalue weighted by Crippen LogP contribution is -2.29. The maximum Gasteiger partial charge on any atom is 0.265 e. The number of carbonyl (C=O) groups is 1. The van der Waals surface area contributed by atoms with Crippen molar-refractivity contribution < 1.29 is 4.79 Å². The smallest absolute Gasteiger partial charge is 0.265 e. The summed E-state index contributed by atoms with van der Waals surface area (Å²) < 4.78 is 1.13. The van der Waals surface area contributed by atoms with E-state index in [-0.39, 0.29) is 5.91 Å². The van der Waals surface area contributed by atoms with E-state index in [2.05, 4.69) is 10.2 Å². The predicted octanol–water partition coefficient (Wildman–Crippen LogP) is 4.60. The molecule has 2 aromatic heterocycles. The fourth-order valence-corrected chi connectivity index (χ4v) is 4.98. The van der Waals surface area contributed by atoms with Crippen LogP contribution in [0, 0.1) is 0 Å². The first-order valence-electron chi connectivity index (χ1n) is 7.81. The Morgan fingerprint density at radius 1 is 1.09 bits per heavy atom. The Balaban J connectivity index is 1.53. The van der Waals surface area contributed by atoms with Crippen molar-refractivity contribution in [3.63, 3.8) is 0 Å². The van der Waals surface area contributed by atoms with E-state index < -0.39 is 0 Å². The lowest BCUT2D eigenvalue weighted by Gasteiger charge is -2.25. The Bertz CT molecular complexity index is 787. The lowest BCUT2D eigenvalue weighted by atomic mass is 10.1. The maximum absolute atomic E-state index is 12.3. The SMILES string of the molecule is O=C(Nc1ccccc1)c1cc2nc(N3CCCCC3)sc2s1. The van der Waals surface area contributed by atoms with Crippen LogP contribution in [0.1, 0.15) is 28.9 Å². The second-order valence-corrected chi connectivity index (χ2v) is 7.94. The third kappa shape index (κ3) is 3.09. The summed E-state index contributed by atoms with van der Waals surface area (Å²) in [6.07, 6.45) is 3.82. The highest BCUT2D eigenvalue weighted by Gasteiger charge is 2.18. The van der Waals surface area contributed by atoms with Gasteiger partial charge in [-0.25, -0.2) is 4.98 Å². The minimum absolute atomic E-state index is 0.0640. The van der Waals surface area contributed by atoms with Crippen LogP contribution in [0.15, 0.2) is 36.4 Å². The normalized spacial score (nSPS) is 15.0. The molecule has 1 aromatic carbocycles. The van der Waals surface area contributed by atoms with Crippen molar-refractivity contribution in [1.82, 2.24) is 4.98 Å². The number of nitrogens with one attached hydrogen (secondary N) is 1. The molecule has 0 bridgehead atoms. The van der Waals surface area contributed by atoms with Crippen molar-refractivity contribution in [3.05, 3.63) is 41.3 Å². The Morgan fingerprint density at radius 2 is 1.87 bits per heavy atom. The average Bonchev–Trinajstić information content (AvgIpc) is 3.15. The summed E-state index contributed by atoms with van der Waals surface area (Å²) >= 11 is 3.23. The van der Waals surface area contributed by atoms with Crippen LogP contribution >= 0.6 is 22.7 Å². The first-order chi connectivity index (χ1) is 11.3. The summed E-state index contributed by atoms with van der Waals surface area (Å²) in [6.45, 7) is 2.20. The molecule has 23 heavy (non-hydrogen) atoms. The highest BCUT2D eigenvalue weighted by Crippen LogP contribution is 2.36. The van der Waals surface area contributed by atoms with E-state index in [1.54, 1.807) is 11.3 Å². The average molecular weight is 343 g/mol. The van der Waals surface area contributed by atoms with Gasteiger partial charge < -0.3 is 10.2 Å². The number of thiazole rings is 1. The zero-order chi connectivity index (χ0) is 15.6. The Labute approximate surface area is 142 Å². The highest BCUT2D eigenvalue weighted by molar-refractivity contribution is 7.40. The van der Waals surface area contributed by atoms with E-state index in [4.69, 9.17) is 4.98 Å². The number of piperidine rings is 1. The third-order valence-electron chi connectivity index (χ3n) is 3.96. The summed E-state index contributed by atoms with van der Waals surface area (Å²) in [4.78, 5) is 20.1. The van der Waals surface area contributed by atoms with Crippen LogP contribution in [-0.4, -0.2) is 24.0 Å². The number of para-hydroxylation sites is 1. The summed E-state index contributed by atoms with van der Waals surface area (Å²) in [5.74, 6) is -0.0640. The summed E-state index contributed by atoms with van der Waals surface area (Å²) in [5, 5.41) is 4.02. The van der Waals surface area contributed by atoms with Gasteiger partial charge >= 0.3 is 0 Å². The third-order valence-corrected chi connectivity index (χ3v) is 6.31. The number of benzene rings is 1. The van der Waals surface area contributed by atoms with Crippen molar-refractivity contribution in [3.8, 4) is 0 Å². The Hall–Kier alpha value is -1.92. The molecule has 1 saturated heterocycles. The molecule has 1 aliphatic heterocycles. The maximum atomic E-state index is 12.3. The van der Waals surface area contributed by atoms with Crippen LogP contribution in [0.4, 0.5) is 10.8 Å². The van der Waals surface area contributed by atoms with Gasteiger partial charge in [0.15, 0.2) is 5.13 Å². The molecule has 3 aromatic rings. The van der Waals surface area contributed by atoms with Crippen LogP contribution in [0.25, 0.3) is 9.53 Å². The zero-order valence-electron chi connectivity index (χ0n) is 12.6. The molecule has 0 spiro atoms. The van der Waals surface area contributed by atoms with Gasteiger partial charge in [-0.3, -0.25) is 4.79 Å². The summed E-state index contributed by atoms with van der Waals surface area (Å²) in [6, 6.07) is 11.4. The molecule has 0 unspecified atom stereocenters. The van der Waals surface area contributed by atoms with Gasteiger partial charge in [-0.2, -0.15) is 0 Å². The number of anilines is 2. The van der Waals surface area contributed by atoms with Crippen molar-refractivity contribution in [2.24, 2.45) is 0 Å². The lowest BCUT2D eigenvalue weighted by molar-refractivity contribution is 0.103. The van der Waals surface area contributed by atoms with E-state index in [9.17, 15) is 4.79 Å². The summed E-state index contributed by atoms with van der Waals surface area (Å²) in [5.41, 5.74) is 1.76. The molecule has 6 heteroatoms. The molecular weight excluding hydrogens is 326 g/mol. The molecule has 118 valence electrons. The highest BCUT2D eigenvalue weighted by atomic mass is 32.2. The van der Waals surface area contributed by atoms with Crippen LogP contribution in [0.5, 0.6) is 0 Å². The monoisotopic (exact) mass is 343 g/mol. The molecule has 1 N–H and O–H groups in total.